The third kappa shape index (κ3) is 4.59. The summed E-state index contributed by atoms with van der Waals surface area (Å²) in [5.74, 6) is 0.0780. The van der Waals surface area contributed by atoms with Crippen molar-refractivity contribution in [3.8, 4) is 11.5 Å². The van der Waals surface area contributed by atoms with Gasteiger partial charge in [-0.15, -0.1) is 0 Å². The minimum absolute atomic E-state index is 0.00850. The third-order valence-electron chi connectivity index (χ3n) is 6.07. The van der Waals surface area contributed by atoms with Gasteiger partial charge in [-0.3, -0.25) is 4.79 Å². The third-order valence-corrected chi connectivity index (χ3v) is 6.32. The second-order valence-corrected chi connectivity index (χ2v) is 8.72. The predicted molar refractivity (Wildman–Crippen MR) is 131 cm³/mol. The Labute approximate surface area is 203 Å². The van der Waals surface area contributed by atoms with Crippen molar-refractivity contribution in [1.82, 2.24) is 0 Å². The van der Waals surface area contributed by atoms with Crippen molar-refractivity contribution in [3.63, 3.8) is 0 Å². The first-order chi connectivity index (χ1) is 16.3. The van der Waals surface area contributed by atoms with E-state index in [0.717, 1.165) is 23.1 Å². The van der Waals surface area contributed by atoms with Crippen LogP contribution < -0.4 is 14.4 Å². The van der Waals surface area contributed by atoms with E-state index in [-0.39, 0.29) is 24.0 Å². The van der Waals surface area contributed by atoms with Crippen molar-refractivity contribution < 1.29 is 24.2 Å². The van der Waals surface area contributed by atoms with Crippen molar-refractivity contribution in [3.05, 3.63) is 87.9 Å². The molecule has 0 saturated heterocycles. The van der Waals surface area contributed by atoms with Crippen molar-refractivity contribution in [2.75, 3.05) is 12.0 Å². The van der Waals surface area contributed by atoms with Gasteiger partial charge in [0.25, 0.3) is 0 Å². The number of aromatic carboxylic acids is 1. The summed E-state index contributed by atoms with van der Waals surface area (Å²) in [6.45, 7) is 4.04. The van der Waals surface area contributed by atoms with E-state index in [4.69, 9.17) is 21.1 Å². The number of fused-ring (bicyclic) bond motifs is 1. The summed E-state index contributed by atoms with van der Waals surface area (Å²) in [4.78, 5) is 26.5. The van der Waals surface area contributed by atoms with Crippen LogP contribution in [-0.4, -0.2) is 30.2 Å². The maximum absolute atomic E-state index is 13.4. The highest BCUT2D eigenvalue weighted by Crippen LogP contribution is 2.43. The molecule has 0 aromatic heterocycles. The molecule has 1 aliphatic heterocycles. The number of ether oxygens (including phenoxy) is 2. The van der Waals surface area contributed by atoms with Gasteiger partial charge in [-0.25, -0.2) is 4.79 Å². The standard InChI is InChI=1S/C27H26ClNO5/c1-4-16(2)34-24-15-22-19(13-23(24)33-3)14-25(30)29(21-11-7-18(8-12-21)27(31)32)26(22)17-5-9-20(28)10-6-17/h5-13,15-16,26H,4,14H2,1-3H3,(H,31,32). The van der Waals surface area contributed by atoms with E-state index >= 15 is 0 Å². The zero-order chi connectivity index (χ0) is 24.4. The van der Waals surface area contributed by atoms with Crippen LogP contribution in [0.15, 0.2) is 60.7 Å². The van der Waals surface area contributed by atoms with Gasteiger partial charge < -0.3 is 19.5 Å². The average molecular weight is 480 g/mol. The van der Waals surface area contributed by atoms with Crippen LogP contribution in [0.1, 0.15) is 53.4 Å². The molecular weight excluding hydrogens is 454 g/mol. The number of methoxy groups -OCH3 is 1. The molecular formula is C27H26ClNO5. The summed E-state index contributed by atoms with van der Waals surface area (Å²) in [5.41, 5.74) is 3.42. The van der Waals surface area contributed by atoms with E-state index in [2.05, 4.69) is 0 Å². The van der Waals surface area contributed by atoms with E-state index < -0.39 is 12.0 Å². The lowest BCUT2D eigenvalue weighted by atomic mass is 9.86. The maximum Gasteiger partial charge on any atom is 0.335 e. The van der Waals surface area contributed by atoms with Gasteiger partial charge in [-0.1, -0.05) is 30.7 Å². The molecule has 0 spiro atoms. The van der Waals surface area contributed by atoms with Crippen LogP contribution in [0.3, 0.4) is 0 Å². The van der Waals surface area contributed by atoms with Gasteiger partial charge in [0, 0.05) is 10.7 Å². The summed E-state index contributed by atoms with van der Waals surface area (Å²) in [6, 6.07) is 17.1. The van der Waals surface area contributed by atoms with Gasteiger partial charge in [-0.2, -0.15) is 0 Å². The Bertz CT molecular complexity index is 1210. The molecule has 1 amide bonds. The van der Waals surface area contributed by atoms with Crippen LogP contribution in [-0.2, 0) is 11.2 Å². The Morgan fingerprint density at radius 2 is 1.79 bits per heavy atom. The molecule has 34 heavy (non-hydrogen) atoms. The Hall–Kier alpha value is -3.51. The molecule has 0 bridgehead atoms. The molecule has 6 nitrogen and oxygen atoms in total. The van der Waals surface area contributed by atoms with Crippen LogP contribution in [0.2, 0.25) is 5.02 Å². The first-order valence-corrected chi connectivity index (χ1v) is 11.5. The lowest BCUT2D eigenvalue weighted by Crippen LogP contribution is -2.41. The Morgan fingerprint density at radius 1 is 1.12 bits per heavy atom. The van der Waals surface area contributed by atoms with Crippen molar-refractivity contribution in [1.29, 1.82) is 0 Å². The summed E-state index contributed by atoms with van der Waals surface area (Å²) in [5, 5.41) is 9.87. The molecule has 2 unspecified atom stereocenters. The largest absolute Gasteiger partial charge is 0.493 e. The number of nitrogens with zero attached hydrogens (tertiary/aromatic N) is 1. The molecule has 0 saturated carbocycles. The van der Waals surface area contributed by atoms with Gasteiger partial charge in [-0.05, 0) is 78.6 Å². The normalized spacial score (nSPS) is 16.1. The highest BCUT2D eigenvalue weighted by atomic mass is 35.5. The van der Waals surface area contributed by atoms with Crippen LogP contribution in [0.5, 0.6) is 11.5 Å². The lowest BCUT2D eigenvalue weighted by Gasteiger charge is -2.38. The Morgan fingerprint density at radius 3 is 2.38 bits per heavy atom. The molecule has 3 aromatic carbocycles. The van der Waals surface area contributed by atoms with Crippen LogP contribution in [0, 0.1) is 0 Å². The zero-order valence-electron chi connectivity index (χ0n) is 19.2. The van der Waals surface area contributed by atoms with E-state index in [9.17, 15) is 14.7 Å². The Kier molecular flexibility index (Phi) is 6.80. The average Bonchev–Trinajstić information content (AvgIpc) is 2.83. The van der Waals surface area contributed by atoms with E-state index in [1.54, 1.807) is 36.3 Å². The number of halogens is 1. The number of carboxylic acids is 1. The van der Waals surface area contributed by atoms with Gasteiger partial charge in [0.15, 0.2) is 11.5 Å². The van der Waals surface area contributed by atoms with Gasteiger partial charge in [0.1, 0.15) is 0 Å². The van der Waals surface area contributed by atoms with E-state index in [1.807, 2.05) is 38.1 Å². The minimum Gasteiger partial charge on any atom is -0.493 e. The van der Waals surface area contributed by atoms with Crippen molar-refractivity contribution >= 4 is 29.2 Å². The van der Waals surface area contributed by atoms with Crippen LogP contribution in [0.25, 0.3) is 0 Å². The summed E-state index contributed by atoms with van der Waals surface area (Å²) < 4.78 is 11.7. The summed E-state index contributed by atoms with van der Waals surface area (Å²) in [7, 11) is 1.59. The van der Waals surface area contributed by atoms with Crippen LogP contribution >= 0.6 is 11.6 Å². The SMILES string of the molecule is CCC(C)Oc1cc2c(cc1OC)CC(=O)N(c1ccc(C(=O)O)cc1)C2c1ccc(Cl)cc1. The number of benzene rings is 3. The fourth-order valence-electron chi connectivity index (χ4n) is 4.14. The molecule has 1 aliphatic rings. The minimum atomic E-state index is -1.02. The molecule has 3 aromatic rings. The predicted octanol–water partition coefficient (Wildman–Crippen LogP) is 5.90. The van der Waals surface area contributed by atoms with Crippen molar-refractivity contribution in [2.45, 2.75) is 38.8 Å². The monoisotopic (exact) mass is 479 g/mol. The molecule has 0 radical (unpaired) electrons. The zero-order valence-corrected chi connectivity index (χ0v) is 20.0. The fourth-order valence-corrected chi connectivity index (χ4v) is 4.27. The number of hydrogen-bond donors (Lipinski definition) is 1. The highest BCUT2D eigenvalue weighted by Gasteiger charge is 2.36. The first-order valence-electron chi connectivity index (χ1n) is 11.1. The second-order valence-electron chi connectivity index (χ2n) is 8.29. The number of amides is 1. The second kappa shape index (κ2) is 9.77. The number of rotatable bonds is 7. The Balaban J connectivity index is 1.89. The van der Waals surface area contributed by atoms with Crippen LogP contribution in [0.4, 0.5) is 5.69 Å². The molecule has 0 fully saturated rings. The highest BCUT2D eigenvalue weighted by molar-refractivity contribution is 6.30. The maximum atomic E-state index is 13.4. The first kappa shape index (κ1) is 23.6. The number of hydrogen-bond acceptors (Lipinski definition) is 4. The van der Waals surface area contributed by atoms with Gasteiger partial charge >= 0.3 is 5.97 Å². The topological polar surface area (TPSA) is 76.1 Å². The number of carbonyl (C=O) groups excluding carboxylic acids is 1. The fraction of sp³-hybridized carbons (Fsp3) is 0.259. The summed E-state index contributed by atoms with van der Waals surface area (Å²) in [6.07, 6.45) is 1.01. The number of carbonyl (C=O) groups is 2. The van der Waals surface area contributed by atoms with Gasteiger partial charge in [0.2, 0.25) is 5.91 Å². The molecule has 2 atom stereocenters. The molecule has 176 valence electrons. The molecule has 7 heteroatoms. The molecule has 4 rings (SSSR count). The van der Waals surface area contributed by atoms with Gasteiger partial charge in [0.05, 0.1) is 31.2 Å². The van der Waals surface area contributed by atoms with E-state index in [1.165, 1.54) is 12.1 Å². The number of anilines is 1. The van der Waals surface area contributed by atoms with Crippen molar-refractivity contribution in [2.24, 2.45) is 0 Å². The molecule has 1 heterocycles. The molecule has 0 aliphatic carbocycles. The summed E-state index contributed by atoms with van der Waals surface area (Å²) >= 11 is 6.15. The van der Waals surface area contributed by atoms with E-state index in [0.29, 0.717) is 22.2 Å². The number of carboxylic acid groups (broad SMARTS) is 1. The quantitative estimate of drug-likeness (QED) is 0.456. The lowest BCUT2D eigenvalue weighted by molar-refractivity contribution is -0.118. The molecule has 1 N–H and O–H groups in total. The smallest absolute Gasteiger partial charge is 0.335 e.